The van der Waals surface area contributed by atoms with Crippen molar-refractivity contribution >= 4 is 36.0 Å². The van der Waals surface area contributed by atoms with Crippen LogP contribution in [0.25, 0.3) is 6.08 Å². The summed E-state index contributed by atoms with van der Waals surface area (Å²) in [6.07, 6.45) is 7.18. The van der Waals surface area contributed by atoms with Crippen LogP contribution in [0.2, 0.25) is 0 Å². The van der Waals surface area contributed by atoms with E-state index in [-0.39, 0.29) is 24.0 Å². The monoisotopic (exact) mass is 505 g/mol. The molecule has 1 aromatic carbocycles. The minimum Gasteiger partial charge on any atom is -0.357 e. The first-order valence-electron chi connectivity index (χ1n) is 10.2. The molecule has 0 radical (unpaired) electrons. The Morgan fingerprint density at radius 2 is 1.83 bits per heavy atom. The fourth-order valence-electron chi connectivity index (χ4n) is 3.29. The van der Waals surface area contributed by atoms with Crippen molar-refractivity contribution in [2.45, 2.75) is 13.3 Å². The predicted octanol–water partition coefficient (Wildman–Crippen LogP) is 3.54. The minimum absolute atomic E-state index is 0. The molecule has 2 heterocycles. The Morgan fingerprint density at radius 3 is 2.52 bits per heavy atom. The predicted molar refractivity (Wildman–Crippen MR) is 133 cm³/mol. The van der Waals surface area contributed by atoms with Gasteiger partial charge in [-0.05, 0) is 24.6 Å². The Labute approximate surface area is 192 Å². The number of halogens is 1. The van der Waals surface area contributed by atoms with Crippen LogP contribution in [-0.4, -0.2) is 66.6 Å². The normalized spacial score (nSPS) is 15.3. The summed E-state index contributed by atoms with van der Waals surface area (Å²) in [6, 6.07) is 16.5. The standard InChI is InChI=1S/C23H31N5.HI/c1-2-24-23(26-15-13-22-12-6-7-14-25-22)28-19-17-27(18-20-28)16-8-11-21-9-4-3-5-10-21;/h3-12,14H,2,13,15-20H2,1H3,(H,24,26);1H/b11-8+;. The molecule has 29 heavy (non-hydrogen) atoms. The summed E-state index contributed by atoms with van der Waals surface area (Å²) < 4.78 is 0. The highest BCUT2D eigenvalue weighted by Gasteiger charge is 2.18. The van der Waals surface area contributed by atoms with Crippen LogP contribution < -0.4 is 5.32 Å². The van der Waals surface area contributed by atoms with E-state index in [4.69, 9.17) is 4.99 Å². The maximum absolute atomic E-state index is 4.82. The molecule has 2 aromatic rings. The van der Waals surface area contributed by atoms with Gasteiger partial charge in [0.25, 0.3) is 0 Å². The Bertz CT molecular complexity index is 740. The molecule has 5 nitrogen and oxygen atoms in total. The van der Waals surface area contributed by atoms with Gasteiger partial charge in [0.1, 0.15) is 0 Å². The van der Waals surface area contributed by atoms with Crippen LogP contribution in [0.15, 0.2) is 65.8 Å². The number of hydrogen-bond acceptors (Lipinski definition) is 3. The summed E-state index contributed by atoms with van der Waals surface area (Å²) in [5, 5.41) is 3.44. The van der Waals surface area contributed by atoms with Crippen LogP contribution in [0.5, 0.6) is 0 Å². The maximum atomic E-state index is 4.82. The van der Waals surface area contributed by atoms with Crippen molar-refractivity contribution in [1.82, 2.24) is 20.1 Å². The lowest BCUT2D eigenvalue weighted by molar-refractivity contribution is 0.194. The van der Waals surface area contributed by atoms with Gasteiger partial charge in [-0.1, -0.05) is 48.6 Å². The number of benzene rings is 1. The number of aliphatic imine (C=N–C) groups is 1. The molecule has 1 aliphatic rings. The Morgan fingerprint density at radius 1 is 1.07 bits per heavy atom. The lowest BCUT2D eigenvalue weighted by Gasteiger charge is -2.36. The minimum atomic E-state index is 0. The second kappa shape index (κ2) is 13.3. The molecule has 0 bridgehead atoms. The third-order valence-corrected chi connectivity index (χ3v) is 4.84. The van der Waals surface area contributed by atoms with E-state index in [9.17, 15) is 0 Å². The quantitative estimate of drug-likeness (QED) is 0.355. The van der Waals surface area contributed by atoms with Crippen LogP contribution in [0.1, 0.15) is 18.2 Å². The summed E-state index contributed by atoms with van der Waals surface area (Å²) >= 11 is 0. The van der Waals surface area contributed by atoms with E-state index in [1.807, 2.05) is 18.3 Å². The van der Waals surface area contributed by atoms with Gasteiger partial charge >= 0.3 is 0 Å². The second-order valence-electron chi connectivity index (χ2n) is 6.91. The van der Waals surface area contributed by atoms with Crippen molar-refractivity contribution in [2.24, 2.45) is 4.99 Å². The molecule has 1 saturated heterocycles. The zero-order valence-electron chi connectivity index (χ0n) is 17.2. The highest BCUT2D eigenvalue weighted by atomic mass is 127. The van der Waals surface area contributed by atoms with E-state index in [1.165, 1.54) is 5.56 Å². The van der Waals surface area contributed by atoms with Crippen LogP contribution in [0, 0.1) is 0 Å². The second-order valence-corrected chi connectivity index (χ2v) is 6.91. The first-order chi connectivity index (χ1) is 13.8. The van der Waals surface area contributed by atoms with Crippen molar-refractivity contribution in [1.29, 1.82) is 0 Å². The molecule has 1 aromatic heterocycles. The van der Waals surface area contributed by atoms with Crippen LogP contribution in [-0.2, 0) is 6.42 Å². The lowest BCUT2D eigenvalue weighted by atomic mass is 10.2. The largest absolute Gasteiger partial charge is 0.357 e. The van der Waals surface area contributed by atoms with Gasteiger partial charge in [0.15, 0.2) is 5.96 Å². The molecule has 3 rings (SSSR count). The Balaban J connectivity index is 0.00000300. The van der Waals surface area contributed by atoms with E-state index in [2.05, 4.69) is 75.6 Å². The summed E-state index contributed by atoms with van der Waals surface area (Å²) in [6.45, 7) is 8.91. The molecular weight excluding hydrogens is 473 g/mol. The Hall–Kier alpha value is -1.93. The number of guanidine groups is 1. The highest BCUT2D eigenvalue weighted by molar-refractivity contribution is 14.0. The number of rotatable bonds is 7. The number of piperazine rings is 1. The smallest absolute Gasteiger partial charge is 0.194 e. The van der Waals surface area contributed by atoms with Crippen LogP contribution in [0.3, 0.4) is 0 Å². The summed E-state index contributed by atoms with van der Waals surface area (Å²) in [5.41, 5.74) is 2.35. The van der Waals surface area contributed by atoms with Crippen molar-refractivity contribution in [3.63, 3.8) is 0 Å². The van der Waals surface area contributed by atoms with Crippen LogP contribution >= 0.6 is 24.0 Å². The zero-order chi connectivity index (χ0) is 19.4. The molecule has 0 atom stereocenters. The molecule has 0 amide bonds. The van der Waals surface area contributed by atoms with Gasteiger partial charge in [-0.2, -0.15) is 0 Å². The number of hydrogen-bond donors (Lipinski definition) is 1. The number of aromatic nitrogens is 1. The molecule has 0 unspecified atom stereocenters. The van der Waals surface area contributed by atoms with Crippen molar-refractivity contribution in [2.75, 3.05) is 45.8 Å². The van der Waals surface area contributed by atoms with E-state index < -0.39 is 0 Å². The number of nitrogens with zero attached hydrogens (tertiary/aromatic N) is 4. The van der Waals surface area contributed by atoms with Crippen molar-refractivity contribution in [3.05, 3.63) is 72.1 Å². The van der Waals surface area contributed by atoms with Crippen LogP contribution in [0.4, 0.5) is 0 Å². The van der Waals surface area contributed by atoms with Gasteiger partial charge in [0, 0.05) is 64.1 Å². The van der Waals surface area contributed by atoms with Gasteiger partial charge in [0.05, 0.1) is 0 Å². The molecule has 1 fully saturated rings. The molecule has 0 saturated carbocycles. The van der Waals surface area contributed by atoms with Gasteiger partial charge < -0.3 is 10.2 Å². The topological polar surface area (TPSA) is 43.8 Å². The molecule has 1 N–H and O–H groups in total. The van der Waals surface area contributed by atoms with Gasteiger partial charge in [-0.25, -0.2) is 0 Å². The van der Waals surface area contributed by atoms with E-state index in [1.54, 1.807) is 0 Å². The van der Waals surface area contributed by atoms with E-state index >= 15 is 0 Å². The first-order valence-corrected chi connectivity index (χ1v) is 10.2. The fraction of sp³-hybridized carbons (Fsp3) is 0.391. The summed E-state index contributed by atoms with van der Waals surface area (Å²) in [5.74, 6) is 1.03. The number of pyridine rings is 1. The third kappa shape index (κ3) is 8.14. The molecule has 0 aliphatic carbocycles. The summed E-state index contributed by atoms with van der Waals surface area (Å²) in [7, 11) is 0. The van der Waals surface area contributed by atoms with Crippen molar-refractivity contribution in [3.8, 4) is 0 Å². The SMILES string of the molecule is CCNC(=NCCc1ccccn1)N1CCN(C/C=C/c2ccccc2)CC1.I. The summed E-state index contributed by atoms with van der Waals surface area (Å²) in [4.78, 5) is 14.1. The zero-order valence-corrected chi connectivity index (χ0v) is 19.5. The third-order valence-electron chi connectivity index (χ3n) is 4.84. The highest BCUT2D eigenvalue weighted by Crippen LogP contribution is 2.05. The average Bonchev–Trinajstić information content (AvgIpc) is 2.75. The van der Waals surface area contributed by atoms with Gasteiger partial charge in [0.2, 0.25) is 0 Å². The van der Waals surface area contributed by atoms with E-state index in [0.29, 0.717) is 0 Å². The average molecular weight is 505 g/mol. The maximum Gasteiger partial charge on any atom is 0.194 e. The van der Waals surface area contributed by atoms with Crippen molar-refractivity contribution < 1.29 is 0 Å². The molecule has 1 aliphatic heterocycles. The van der Waals surface area contributed by atoms with Gasteiger partial charge in [-0.15, -0.1) is 24.0 Å². The first kappa shape index (κ1) is 23.3. The lowest BCUT2D eigenvalue weighted by Crippen LogP contribution is -2.52. The molecule has 6 heteroatoms. The van der Waals surface area contributed by atoms with E-state index in [0.717, 1.165) is 63.9 Å². The number of nitrogens with one attached hydrogen (secondary N) is 1. The molecule has 0 spiro atoms. The molecule has 156 valence electrons. The van der Waals surface area contributed by atoms with Gasteiger partial charge in [-0.3, -0.25) is 14.9 Å². The fourth-order valence-corrected chi connectivity index (χ4v) is 3.29. The molecular formula is C23H32IN5. The Kier molecular flexibility index (Phi) is 10.7.